The Labute approximate surface area is 187 Å². The fourth-order valence-corrected chi connectivity index (χ4v) is 5.69. The summed E-state index contributed by atoms with van der Waals surface area (Å²) in [5.74, 6) is -5.06. The summed E-state index contributed by atoms with van der Waals surface area (Å²) in [4.78, 5) is 13.0. The van der Waals surface area contributed by atoms with Crippen molar-refractivity contribution < 1.29 is 46.2 Å². The lowest BCUT2D eigenvalue weighted by Gasteiger charge is -2.26. The van der Waals surface area contributed by atoms with E-state index in [2.05, 4.69) is 9.97 Å². The molecule has 0 aliphatic carbocycles. The highest BCUT2D eigenvalue weighted by Gasteiger charge is 2.60. The third-order valence-electron chi connectivity index (χ3n) is 4.97. The van der Waals surface area contributed by atoms with Crippen LogP contribution in [0.4, 0.5) is 27.6 Å². The van der Waals surface area contributed by atoms with E-state index in [0.717, 1.165) is 37.5 Å². The molecular formula is C18H17BF5NO5S2. The predicted molar refractivity (Wildman–Crippen MR) is 110 cm³/mol. The smallest absolute Gasteiger partial charge is 0.504 e. The maximum absolute atomic E-state index is 14.2. The molecule has 1 aromatic heterocycles. The number of rotatable bonds is 6. The Morgan fingerprint density at radius 2 is 2.00 bits per heavy atom. The van der Waals surface area contributed by atoms with Gasteiger partial charge in [-0.1, -0.05) is 6.07 Å². The van der Waals surface area contributed by atoms with Gasteiger partial charge in [0.1, 0.15) is 4.75 Å². The molecule has 3 unspecified atom stereocenters. The molecule has 1 fully saturated rings. The summed E-state index contributed by atoms with van der Waals surface area (Å²) in [5.41, 5.74) is 0.109. The second-order valence-electron chi connectivity index (χ2n) is 7.15. The topological polar surface area (TPSA) is 88.0 Å². The Hall–Kier alpha value is -2.03. The van der Waals surface area contributed by atoms with E-state index in [4.69, 9.17) is 14.8 Å². The molecule has 0 saturated carbocycles. The Morgan fingerprint density at radius 3 is 2.59 bits per heavy atom. The van der Waals surface area contributed by atoms with Crippen molar-refractivity contribution in [2.24, 2.45) is 0 Å². The van der Waals surface area contributed by atoms with Crippen molar-refractivity contribution in [1.82, 2.24) is 0 Å². The number of amides is 1. The summed E-state index contributed by atoms with van der Waals surface area (Å²) in [6, 6.07) is 3.15. The van der Waals surface area contributed by atoms with E-state index in [0.29, 0.717) is 11.8 Å². The lowest BCUT2D eigenvalue weighted by molar-refractivity contribution is -0.155. The van der Waals surface area contributed by atoms with Gasteiger partial charge in [-0.05, 0) is 19.4 Å². The van der Waals surface area contributed by atoms with Crippen molar-refractivity contribution in [3.63, 3.8) is 0 Å². The normalized spacial score (nSPS) is 23.2. The number of hydrogen-bond acceptors (Lipinski definition) is 7. The molecule has 2 heterocycles. The largest absolute Gasteiger partial charge is 0.708 e. The van der Waals surface area contributed by atoms with Crippen LogP contribution in [0.1, 0.15) is 24.8 Å². The van der Waals surface area contributed by atoms with E-state index in [-0.39, 0.29) is 16.3 Å². The van der Waals surface area contributed by atoms with Crippen molar-refractivity contribution >= 4 is 42.0 Å². The SMILES string of the molecule is COc1c(C2CC(C)(C(F)(F)F)SC2C(=O)Nc2csc(OB(O)O)c2)ccc(F)c1F. The van der Waals surface area contributed by atoms with Gasteiger partial charge < -0.3 is 24.8 Å². The first-order valence-corrected chi connectivity index (χ1v) is 10.8. The summed E-state index contributed by atoms with van der Waals surface area (Å²) in [7, 11) is -1.02. The second-order valence-corrected chi connectivity index (χ2v) is 9.67. The molecule has 14 heteroatoms. The maximum atomic E-state index is 14.2. The third-order valence-corrected chi connectivity index (χ3v) is 7.50. The summed E-state index contributed by atoms with van der Waals surface area (Å²) >= 11 is 1.30. The fraction of sp³-hybridized carbons (Fsp3) is 0.389. The zero-order chi connectivity index (χ0) is 23.8. The number of ether oxygens (including phenoxy) is 1. The number of nitrogens with one attached hydrogen (secondary N) is 1. The molecule has 6 nitrogen and oxygen atoms in total. The van der Waals surface area contributed by atoms with E-state index in [1.165, 1.54) is 11.4 Å². The van der Waals surface area contributed by atoms with Crippen LogP contribution < -0.4 is 14.7 Å². The number of benzene rings is 1. The Morgan fingerprint density at radius 1 is 1.31 bits per heavy atom. The number of thioether (sulfide) groups is 1. The minimum absolute atomic E-state index is 0.0494. The van der Waals surface area contributed by atoms with Gasteiger partial charge in [0.2, 0.25) is 11.7 Å². The minimum atomic E-state index is -4.67. The molecule has 3 rings (SSSR count). The first-order chi connectivity index (χ1) is 14.9. The van der Waals surface area contributed by atoms with E-state index in [1.54, 1.807) is 0 Å². The van der Waals surface area contributed by atoms with Crippen molar-refractivity contribution in [1.29, 1.82) is 0 Å². The number of halogens is 5. The average molecular weight is 497 g/mol. The second kappa shape index (κ2) is 9.08. The van der Waals surface area contributed by atoms with Crippen LogP contribution in [0.2, 0.25) is 0 Å². The molecule has 1 amide bonds. The highest BCUT2D eigenvalue weighted by atomic mass is 32.2. The van der Waals surface area contributed by atoms with Crippen LogP contribution in [0, 0.1) is 11.6 Å². The molecule has 1 saturated heterocycles. The molecule has 1 aliphatic rings. The molecule has 1 aliphatic heterocycles. The molecule has 174 valence electrons. The highest BCUT2D eigenvalue weighted by molar-refractivity contribution is 8.02. The average Bonchev–Trinajstić information content (AvgIpc) is 3.27. The quantitative estimate of drug-likeness (QED) is 0.414. The van der Waals surface area contributed by atoms with E-state index >= 15 is 0 Å². The van der Waals surface area contributed by atoms with Crippen LogP contribution >= 0.6 is 23.1 Å². The van der Waals surface area contributed by atoms with Crippen LogP contribution in [0.25, 0.3) is 0 Å². The molecule has 2 aromatic rings. The van der Waals surface area contributed by atoms with Gasteiger partial charge in [-0.25, -0.2) is 4.39 Å². The summed E-state index contributed by atoms with van der Waals surface area (Å²) in [6.07, 6.45) is -5.23. The predicted octanol–water partition coefficient (Wildman–Crippen LogP) is 3.93. The van der Waals surface area contributed by atoms with Crippen molar-refractivity contribution in [2.45, 2.75) is 35.4 Å². The summed E-state index contributed by atoms with van der Waals surface area (Å²) in [6.45, 7) is 0.948. The van der Waals surface area contributed by atoms with Gasteiger partial charge >= 0.3 is 13.5 Å². The number of methoxy groups -OCH3 is 1. The first kappa shape index (κ1) is 24.6. The number of anilines is 1. The van der Waals surface area contributed by atoms with Gasteiger partial charge in [0.05, 0.1) is 18.0 Å². The first-order valence-electron chi connectivity index (χ1n) is 9.05. The maximum Gasteiger partial charge on any atom is 0.708 e. The molecule has 0 spiro atoms. The zero-order valence-corrected chi connectivity index (χ0v) is 18.2. The van der Waals surface area contributed by atoms with E-state index < -0.39 is 59.1 Å². The number of alkyl halides is 3. The number of thiophene rings is 1. The van der Waals surface area contributed by atoms with Gasteiger partial charge in [0, 0.05) is 22.9 Å². The Bertz CT molecular complexity index is 1000. The molecule has 3 atom stereocenters. The van der Waals surface area contributed by atoms with E-state index in [1.807, 2.05) is 0 Å². The van der Waals surface area contributed by atoms with E-state index in [9.17, 15) is 26.7 Å². The summed E-state index contributed by atoms with van der Waals surface area (Å²) < 4.78 is 76.4. The third kappa shape index (κ3) is 4.82. The zero-order valence-electron chi connectivity index (χ0n) is 16.6. The molecule has 1 aromatic carbocycles. The molecule has 0 bridgehead atoms. The van der Waals surface area contributed by atoms with Crippen LogP contribution in [0.15, 0.2) is 23.6 Å². The Balaban J connectivity index is 1.95. The molecular weight excluding hydrogens is 480 g/mol. The Kier molecular flexibility index (Phi) is 6.98. The van der Waals surface area contributed by atoms with Crippen molar-refractivity contribution in [3.8, 4) is 10.8 Å². The van der Waals surface area contributed by atoms with Gasteiger partial charge in [0.25, 0.3) is 0 Å². The van der Waals surface area contributed by atoms with Gasteiger partial charge in [-0.2, -0.15) is 17.6 Å². The number of hydrogen-bond donors (Lipinski definition) is 3. The minimum Gasteiger partial charge on any atom is -0.504 e. The number of carbonyl (C=O) groups excluding carboxylic acids is 1. The molecule has 0 radical (unpaired) electrons. The molecule has 32 heavy (non-hydrogen) atoms. The van der Waals surface area contributed by atoms with Gasteiger partial charge in [-0.3, -0.25) is 4.79 Å². The van der Waals surface area contributed by atoms with Crippen LogP contribution in [-0.2, 0) is 4.79 Å². The van der Waals surface area contributed by atoms with Crippen molar-refractivity contribution in [2.75, 3.05) is 12.4 Å². The van der Waals surface area contributed by atoms with Gasteiger partial charge in [-0.15, -0.1) is 23.1 Å². The molecule has 3 N–H and O–H groups in total. The van der Waals surface area contributed by atoms with Crippen LogP contribution in [0.3, 0.4) is 0 Å². The van der Waals surface area contributed by atoms with Crippen molar-refractivity contribution in [3.05, 3.63) is 40.8 Å². The highest BCUT2D eigenvalue weighted by Crippen LogP contribution is 2.59. The lowest BCUT2D eigenvalue weighted by atomic mass is 9.85. The summed E-state index contributed by atoms with van der Waals surface area (Å²) in [5, 5.41) is 20.3. The fourth-order valence-electron chi connectivity index (χ4n) is 3.44. The van der Waals surface area contributed by atoms with Crippen LogP contribution in [0.5, 0.6) is 10.8 Å². The monoisotopic (exact) mass is 497 g/mol. The standard InChI is InChI=1S/C18H17BF5NO5S2/c1-17(18(22,23)24)6-10(9-3-4-11(20)13(21)14(9)29-2)15(32-17)16(26)25-8-5-12(31-7-8)30-19(27)28/h3-5,7,10,15,27-28H,6H2,1-2H3,(H,25,26). The number of carbonyl (C=O) groups is 1. The van der Waals surface area contributed by atoms with Gasteiger partial charge in [0.15, 0.2) is 16.6 Å². The van der Waals surface area contributed by atoms with Crippen LogP contribution in [-0.4, -0.2) is 46.6 Å². The lowest BCUT2D eigenvalue weighted by Crippen LogP contribution is -2.37.